The van der Waals surface area contributed by atoms with Crippen LogP contribution in [0.25, 0.3) is 0 Å². The predicted molar refractivity (Wildman–Crippen MR) is 132 cm³/mol. The Hall–Kier alpha value is -0.743. The van der Waals surface area contributed by atoms with E-state index in [0.29, 0.717) is 10.2 Å². The van der Waals surface area contributed by atoms with Gasteiger partial charge in [-0.15, -0.1) is 0 Å². The Balaban J connectivity index is 2.13. The van der Waals surface area contributed by atoms with E-state index in [4.69, 9.17) is 26.1 Å². The molecule has 2 rings (SSSR count). The lowest BCUT2D eigenvalue weighted by molar-refractivity contribution is -0.152. The molecule has 1 saturated heterocycles. The van der Waals surface area contributed by atoms with Crippen LogP contribution in [0.4, 0.5) is 0 Å². The van der Waals surface area contributed by atoms with Gasteiger partial charge in [-0.2, -0.15) is 0 Å². The van der Waals surface area contributed by atoms with Gasteiger partial charge >= 0.3 is 5.97 Å². The highest BCUT2D eigenvalue weighted by Crippen LogP contribution is 2.38. The third-order valence-electron chi connectivity index (χ3n) is 6.24. The Bertz CT molecular complexity index is 719. The minimum absolute atomic E-state index is 0.0293. The van der Waals surface area contributed by atoms with Gasteiger partial charge in [0.25, 0.3) is 0 Å². The highest BCUT2D eigenvalue weighted by atomic mass is 32.2. The summed E-state index contributed by atoms with van der Waals surface area (Å²) in [5, 5.41) is 0.0363. The van der Waals surface area contributed by atoms with Crippen molar-refractivity contribution in [3.8, 4) is 0 Å². The van der Waals surface area contributed by atoms with Crippen LogP contribution >= 0.6 is 24.0 Å². The van der Waals surface area contributed by atoms with E-state index in [0.717, 1.165) is 5.75 Å². The molecule has 31 heavy (non-hydrogen) atoms. The van der Waals surface area contributed by atoms with Crippen molar-refractivity contribution in [3.63, 3.8) is 0 Å². The van der Waals surface area contributed by atoms with E-state index in [2.05, 4.69) is 47.7 Å². The second kappa shape index (κ2) is 10.5. The van der Waals surface area contributed by atoms with Gasteiger partial charge in [0.2, 0.25) is 5.91 Å². The van der Waals surface area contributed by atoms with Crippen molar-refractivity contribution in [3.05, 3.63) is 12.2 Å². The van der Waals surface area contributed by atoms with Crippen LogP contribution in [0.5, 0.6) is 0 Å². The van der Waals surface area contributed by atoms with Gasteiger partial charge in [-0.1, -0.05) is 70.8 Å². The van der Waals surface area contributed by atoms with E-state index in [9.17, 15) is 9.59 Å². The average Bonchev–Trinajstić information content (AvgIpc) is 3.02. The number of carbonyl (C=O) groups excluding carboxylic acids is 2. The number of amides is 1. The standard InChI is InChI=1S/C22H37NO5S2Si/c1-14(2)17-13-30-21(29)23(17)20(25)11-16-9-10-18(19(27-16)12-26-15(3)24)28-31(7,8)22(4,5)6/h9-10,14,16-19H,11-13H2,1-8H3/t16-,17+,18+,19-/m1/s1. The van der Waals surface area contributed by atoms with Gasteiger partial charge < -0.3 is 13.9 Å². The van der Waals surface area contributed by atoms with E-state index in [1.807, 2.05) is 12.2 Å². The number of rotatable bonds is 7. The Kier molecular flexibility index (Phi) is 8.94. The van der Waals surface area contributed by atoms with Crippen LogP contribution in [0.15, 0.2) is 12.2 Å². The summed E-state index contributed by atoms with van der Waals surface area (Å²) in [6.07, 6.45) is 2.88. The molecule has 9 heteroatoms. The van der Waals surface area contributed by atoms with Gasteiger partial charge in [0, 0.05) is 18.7 Å². The van der Waals surface area contributed by atoms with E-state index >= 15 is 0 Å². The fraction of sp³-hybridized carbons (Fsp3) is 0.773. The summed E-state index contributed by atoms with van der Waals surface area (Å²) in [6.45, 7) is 16.6. The largest absolute Gasteiger partial charge is 0.463 e. The topological polar surface area (TPSA) is 65.1 Å². The molecule has 0 aliphatic carbocycles. The first kappa shape index (κ1) is 26.5. The van der Waals surface area contributed by atoms with E-state index in [1.54, 1.807) is 16.7 Å². The van der Waals surface area contributed by atoms with Crippen molar-refractivity contribution in [2.75, 3.05) is 12.4 Å². The molecule has 0 unspecified atom stereocenters. The first-order valence-electron chi connectivity index (χ1n) is 10.9. The molecule has 0 spiro atoms. The molecular formula is C22H37NO5S2Si. The van der Waals surface area contributed by atoms with Crippen LogP contribution in [0, 0.1) is 5.92 Å². The van der Waals surface area contributed by atoms with Crippen LogP contribution in [0.3, 0.4) is 0 Å². The lowest BCUT2D eigenvalue weighted by Crippen LogP contribution is -2.50. The second-order valence-corrected chi connectivity index (χ2v) is 16.5. The number of thioether (sulfide) groups is 1. The van der Waals surface area contributed by atoms with Gasteiger partial charge in [-0.3, -0.25) is 14.5 Å². The zero-order chi connectivity index (χ0) is 23.6. The van der Waals surface area contributed by atoms with Crippen LogP contribution in [0.1, 0.15) is 48.0 Å². The van der Waals surface area contributed by atoms with Crippen molar-refractivity contribution in [2.24, 2.45) is 5.92 Å². The highest BCUT2D eigenvalue weighted by Gasteiger charge is 2.42. The van der Waals surface area contributed by atoms with Crippen molar-refractivity contribution >= 4 is 48.5 Å². The van der Waals surface area contributed by atoms with Gasteiger partial charge in [0.15, 0.2) is 8.32 Å². The summed E-state index contributed by atoms with van der Waals surface area (Å²) in [5.74, 6) is 0.773. The summed E-state index contributed by atoms with van der Waals surface area (Å²) in [6, 6.07) is 0.115. The summed E-state index contributed by atoms with van der Waals surface area (Å²) in [7, 11) is -2.06. The van der Waals surface area contributed by atoms with Gasteiger partial charge in [0.1, 0.15) is 17.0 Å². The highest BCUT2D eigenvalue weighted by molar-refractivity contribution is 8.23. The molecule has 0 bridgehead atoms. The summed E-state index contributed by atoms with van der Waals surface area (Å²) >= 11 is 6.98. The molecule has 176 valence electrons. The van der Waals surface area contributed by atoms with Gasteiger partial charge in [-0.05, 0) is 24.1 Å². The molecule has 2 aliphatic rings. The molecule has 0 N–H and O–H groups in total. The summed E-state index contributed by atoms with van der Waals surface area (Å²) < 4.78 is 18.6. The molecule has 0 aromatic rings. The van der Waals surface area contributed by atoms with E-state index in [-0.39, 0.29) is 42.1 Å². The molecule has 4 atom stereocenters. The molecular weight excluding hydrogens is 450 g/mol. The summed E-state index contributed by atoms with van der Waals surface area (Å²) in [5.41, 5.74) is 0. The second-order valence-electron chi connectivity index (χ2n) is 10.1. The number of carbonyl (C=O) groups is 2. The fourth-order valence-corrected chi connectivity index (χ4v) is 6.20. The van der Waals surface area contributed by atoms with Crippen molar-refractivity contribution in [1.29, 1.82) is 0 Å². The van der Waals surface area contributed by atoms with Crippen molar-refractivity contribution < 1.29 is 23.5 Å². The lowest BCUT2D eigenvalue weighted by Gasteiger charge is -2.42. The maximum Gasteiger partial charge on any atom is 0.302 e. The van der Waals surface area contributed by atoms with E-state index in [1.165, 1.54) is 6.92 Å². The number of thiocarbonyl (C=S) groups is 1. The van der Waals surface area contributed by atoms with Gasteiger partial charge in [-0.25, -0.2) is 0 Å². The zero-order valence-corrected chi connectivity index (χ0v) is 22.6. The summed E-state index contributed by atoms with van der Waals surface area (Å²) in [4.78, 5) is 26.2. The Morgan fingerprint density at radius 1 is 1.32 bits per heavy atom. The molecule has 0 aromatic carbocycles. The number of hydrogen-bond acceptors (Lipinski definition) is 7. The van der Waals surface area contributed by atoms with Crippen molar-refractivity contribution in [1.82, 2.24) is 4.90 Å². The molecule has 6 nitrogen and oxygen atoms in total. The van der Waals surface area contributed by atoms with Crippen LogP contribution < -0.4 is 0 Å². The lowest BCUT2D eigenvalue weighted by atomic mass is 10.0. The normalized spacial score (nSPS) is 27.1. The number of hydrogen-bond donors (Lipinski definition) is 0. The Morgan fingerprint density at radius 3 is 2.52 bits per heavy atom. The molecule has 2 heterocycles. The van der Waals surface area contributed by atoms with Crippen LogP contribution in [-0.4, -0.2) is 66.1 Å². The minimum Gasteiger partial charge on any atom is -0.463 e. The molecule has 0 radical (unpaired) electrons. The van der Waals surface area contributed by atoms with Crippen LogP contribution in [0.2, 0.25) is 18.1 Å². The SMILES string of the molecule is CC(=O)OC[C@H]1O[C@@H](CC(=O)N2C(=S)SC[C@H]2C(C)C)C=C[C@@H]1O[Si](C)(C)C(C)(C)C. The number of ether oxygens (including phenoxy) is 2. The Labute approximate surface area is 197 Å². The molecule has 0 aromatic heterocycles. The number of nitrogens with zero attached hydrogens (tertiary/aromatic N) is 1. The molecule has 2 aliphatic heterocycles. The maximum absolute atomic E-state index is 13.1. The third-order valence-corrected chi connectivity index (χ3v) is 12.2. The number of esters is 1. The predicted octanol–water partition coefficient (Wildman–Crippen LogP) is 4.54. The van der Waals surface area contributed by atoms with E-state index < -0.39 is 20.5 Å². The third kappa shape index (κ3) is 6.87. The van der Waals surface area contributed by atoms with Gasteiger partial charge in [0.05, 0.1) is 18.6 Å². The smallest absolute Gasteiger partial charge is 0.302 e. The van der Waals surface area contributed by atoms with Crippen LogP contribution in [-0.2, 0) is 23.5 Å². The molecule has 0 saturated carbocycles. The first-order chi connectivity index (χ1) is 14.2. The maximum atomic E-state index is 13.1. The minimum atomic E-state index is -2.06. The van der Waals surface area contributed by atoms with Crippen molar-refractivity contribution in [2.45, 2.75) is 90.4 Å². The molecule has 1 fully saturated rings. The first-order valence-corrected chi connectivity index (χ1v) is 15.2. The average molecular weight is 488 g/mol. The monoisotopic (exact) mass is 487 g/mol. The zero-order valence-electron chi connectivity index (χ0n) is 20.0. The fourth-order valence-electron chi connectivity index (χ4n) is 3.27. The Morgan fingerprint density at radius 2 is 1.97 bits per heavy atom. The molecule has 1 amide bonds. The quantitative estimate of drug-likeness (QED) is 0.226.